The average Bonchev–Trinajstić information content (AvgIpc) is 2.03. The molecular formula is C8H14ClNO2S. The number of halogens is 1. The van der Waals surface area contributed by atoms with Gasteiger partial charge in [-0.1, -0.05) is 6.92 Å². The molecule has 0 rings (SSSR count). The highest BCUT2D eigenvalue weighted by atomic mass is 35.5. The highest BCUT2D eigenvalue weighted by Gasteiger charge is 2.13. The van der Waals surface area contributed by atoms with Crippen molar-refractivity contribution in [2.45, 2.75) is 13.3 Å². The van der Waals surface area contributed by atoms with Crippen LogP contribution in [-0.4, -0.2) is 26.6 Å². The van der Waals surface area contributed by atoms with E-state index in [1.807, 2.05) is 0 Å². The van der Waals surface area contributed by atoms with Gasteiger partial charge in [0, 0.05) is 18.8 Å². The molecule has 0 aromatic carbocycles. The lowest BCUT2D eigenvalue weighted by Crippen LogP contribution is -2.30. The predicted molar refractivity (Wildman–Crippen MR) is 55.1 cm³/mol. The van der Waals surface area contributed by atoms with Gasteiger partial charge in [-0.05, 0) is 5.92 Å². The number of terminal acetylenes is 1. The zero-order chi connectivity index (χ0) is 10.3. The summed E-state index contributed by atoms with van der Waals surface area (Å²) in [6.07, 6.45) is 5.39. The van der Waals surface area contributed by atoms with Gasteiger partial charge in [-0.2, -0.15) is 0 Å². The summed E-state index contributed by atoms with van der Waals surface area (Å²) in [7, 11) is -3.20. The Morgan fingerprint density at radius 2 is 2.23 bits per heavy atom. The molecule has 76 valence electrons. The van der Waals surface area contributed by atoms with E-state index in [2.05, 4.69) is 10.6 Å². The van der Waals surface area contributed by atoms with E-state index in [9.17, 15) is 8.42 Å². The van der Waals surface area contributed by atoms with Crippen LogP contribution in [0.25, 0.3) is 0 Å². The van der Waals surface area contributed by atoms with Crippen molar-refractivity contribution in [2.75, 3.05) is 18.2 Å². The number of rotatable bonds is 6. The fourth-order valence-corrected chi connectivity index (χ4v) is 2.39. The van der Waals surface area contributed by atoms with Crippen molar-refractivity contribution >= 4 is 21.6 Å². The van der Waals surface area contributed by atoms with Crippen molar-refractivity contribution < 1.29 is 8.42 Å². The lowest BCUT2D eigenvalue weighted by Gasteiger charge is -2.08. The minimum absolute atomic E-state index is 0.0370. The van der Waals surface area contributed by atoms with Crippen LogP contribution in [0.5, 0.6) is 0 Å². The molecule has 0 aliphatic carbocycles. The standard InChI is InChI=1S/C8H14ClNO2S/c1-3-4-5-10-13(11,12)7-8(2)6-9/h1,8,10H,4-7H2,2H3. The van der Waals surface area contributed by atoms with Crippen molar-refractivity contribution in [3.8, 4) is 12.3 Å². The Morgan fingerprint density at radius 3 is 2.69 bits per heavy atom. The molecule has 0 radical (unpaired) electrons. The van der Waals surface area contributed by atoms with E-state index in [1.165, 1.54) is 0 Å². The summed E-state index contributed by atoms with van der Waals surface area (Å²) in [5.41, 5.74) is 0. The fourth-order valence-electron chi connectivity index (χ4n) is 0.757. The Morgan fingerprint density at radius 1 is 1.62 bits per heavy atom. The van der Waals surface area contributed by atoms with E-state index in [0.29, 0.717) is 18.8 Å². The minimum atomic E-state index is -3.20. The Kier molecular flexibility index (Phi) is 6.13. The summed E-state index contributed by atoms with van der Waals surface area (Å²) < 4.78 is 24.9. The van der Waals surface area contributed by atoms with Gasteiger partial charge in [0.05, 0.1) is 5.75 Å². The molecule has 0 heterocycles. The summed E-state index contributed by atoms with van der Waals surface area (Å²) in [5.74, 6) is 2.72. The van der Waals surface area contributed by atoms with Crippen LogP contribution in [0.15, 0.2) is 0 Å². The molecule has 0 saturated heterocycles. The molecule has 0 amide bonds. The van der Waals surface area contributed by atoms with E-state index in [0.717, 1.165) is 0 Å². The Labute approximate surface area is 84.9 Å². The maximum Gasteiger partial charge on any atom is 0.211 e. The molecule has 3 nitrogen and oxygen atoms in total. The molecule has 1 unspecified atom stereocenters. The highest BCUT2D eigenvalue weighted by Crippen LogP contribution is 2.01. The third kappa shape index (κ3) is 6.88. The van der Waals surface area contributed by atoms with Crippen molar-refractivity contribution in [1.29, 1.82) is 0 Å². The highest BCUT2D eigenvalue weighted by molar-refractivity contribution is 7.89. The maximum atomic E-state index is 11.2. The molecule has 5 heteroatoms. The van der Waals surface area contributed by atoms with Crippen LogP contribution in [0.2, 0.25) is 0 Å². The van der Waals surface area contributed by atoms with Gasteiger partial charge in [0.1, 0.15) is 0 Å². The van der Waals surface area contributed by atoms with Crippen LogP contribution in [0.1, 0.15) is 13.3 Å². The van der Waals surface area contributed by atoms with Gasteiger partial charge < -0.3 is 0 Å². The molecule has 0 fully saturated rings. The predicted octanol–water partition coefficient (Wildman–Crippen LogP) is 0.804. The van der Waals surface area contributed by atoms with Crippen molar-refractivity contribution in [1.82, 2.24) is 4.72 Å². The third-order valence-electron chi connectivity index (χ3n) is 1.36. The van der Waals surface area contributed by atoms with Gasteiger partial charge in [-0.25, -0.2) is 13.1 Å². The molecule has 1 atom stereocenters. The SMILES string of the molecule is C#CCCNS(=O)(=O)CC(C)CCl. The molecule has 1 N–H and O–H groups in total. The van der Waals surface area contributed by atoms with Gasteiger partial charge in [0.2, 0.25) is 10.0 Å². The normalized spacial score (nSPS) is 13.6. The van der Waals surface area contributed by atoms with E-state index >= 15 is 0 Å². The summed E-state index contributed by atoms with van der Waals surface area (Å²) in [6.45, 7) is 2.08. The van der Waals surface area contributed by atoms with Crippen LogP contribution in [0.4, 0.5) is 0 Å². The van der Waals surface area contributed by atoms with Crippen molar-refractivity contribution in [3.63, 3.8) is 0 Å². The number of sulfonamides is 1. The van der Waals surface area contributed by atoms with Crippen LogP contribution in [0, 0.1) is 18.3 Å². The molecular weight excluding hydrogens is 210 g/mol. The molecule has 0 aromatic rings. The lowest BCUT2D eigenvalue weighted by atomic mass is 10.3. The largest absolute Gasteiger partial charge is 0.214 e. The number of hydrogen-bond donors (Lipinski definition) is 1. The zero-order valence-corrected chi connectivity index (χ0v) is 9.16. The summed E-state index contributed by atoms with van der Waals surface area (Å²) in [6, 6.07) is 0. The van der Waals surface area contributed by atoms with Crippen molar-refractivity contribution in [2.24, 2.45) is 5.92 Å². The van der Waals surface area contributed by atoms with E-state index in [4.69, 9.17) is 18.0 Å². The number of alkyl halides is 1. The molecule has 0 saturated carbocycles. The fraction of sp³-hybridized carbons (Fsp3) is 0.750. The van der Waals surface area contributed by atoms with Gasteiger partial charge >= 0.3 is 0 Å². The second kappa shape index (κ2) is 6.25. The summed E-state index contributed by atoms with van der Waals surface area (Å²) in [5, 5.41) is 0. The first kappa shape index (κ1) is 12.8. The monoisotopic (exact) mass is 223 g/mol. The quantitative estimate of drug-likeness (QED) is 0.412. The minimum Gasteiger partial charge on any atom is -0.214 e. The van der Waals surface area contributed by atoms with Crippen LogP contribution in [0.3, 0.4) is 0 Å². The van der Waals surface area contributed by atoms with Gasteiger partial charge in [0.15, 0.2) is 0 Å². The first-order chi connectivity index (χ1) is 6.02. The smallest absolute Gasteiger partial charge is 0.211 e. The summed E-state index contributed by atoms with van der Waals surface area (Å²) >= 11 is 5.49. The zero-order valence-electron chi connectivity index (χ0n) is 7.59. The molecule has 0 aromatic heterocycles. The Balaban J connectivity index is 3.89. The lowest BCUT2D eigenvalue weighted by molar-refractivity contribution is 0.569. The van der Waals surface area contributed by atoms with Crippen LogP contribution < -0.4 is 4.72 Å². The Hall–Kier alpha value is -0.240. The molecule has 0 spiro atoms. The van der Waals surface area contributed by atoms with E-state index in [1.54, 1.807) is 6.92 Å². The van der Waals surface area contributed by atoms with Crippen molar-refractivity contribution in [3.05, 3.63) is 0 Å². The van der Waals surface area contributed by atoms with Gasteiger partial charge in [-0.3, -0.25) is 0 Å². The topological polar surface area (TPSA) is 46.2 Å². The van der Waals surface area contributed by atoms with E-state index < -0.39 is 10.0 Å². The van der Waals surface area contributed by atoms with Gasteiger partial charge in [-0.15, -0.1) is 23.9 Å². The molecule has 13 heavy (non-hydrogen) atoms. The van der Waals surface area contributed by atoms with Crippen LogP contribution >= 0.6 is 11.6 Å². The average molecular weight is 224 g/mol. The Bertz CT molecular complexity index is 268. The number of hydrogen-bond acceptors (Lipinski definition) is 2. The van der Waals surface area contributed by atoms with E-state index in [-0.39, 0.29) is 11.7 Å². The van der Waals surface area contributed by atoms with Crippen LogP contribution in [-0.2, 0) is 10.0 Å². The second-order valence-electron chi connectivity index (χ2n) is 2.89. The number of nitrogens with one attached hydrogen (secondary N) is 1. The first-order valence-electron chi connectivity index (χ1n) is 3.98. The third-order valence-corrected chi connectivity index (χ3v) is 3.54. The summed E-state index contributed by atoms with van der Waals surface area (Å²) in [4.78, 5) is 0. The molecule has 0 aliphatic rings. The second-order valence-corrected chi connectivity index (χ2v) is 5.05. The molecule has 0 bridgehead atoms. The van der Waals surface area contributed by atoms with Gasteiger partial charge in [0.25, 0.3) is 0 Å². The first-order valence-corrected chi connectivity index (χ1v) is 6.17. The maximum absolute atomic E-state index is 11.2. The molecule has 0 aliphatic heterocycles.